The van der Waals surface area contributed by atoms with E-state index in [1.54, 1.807) is 30.4 Å². The first kappa shape index (κ1) is 17.8. The molecule has 0 saturated carbocycles. The summed E-state index contributed by atoms with van der Waals surface area (Å²) >= 11 is 12.3. The van der Waals surface area contributed by atoms with E-state index in [4.69, 9.17) is 38.1 Å². The van der Waals surface area contributed by atoms with Crippen LogP contribution in [-0.2, 0) is 0 Å². The third kappa shape index (κ3) is 3.48. The molecule has 0 saturated heterocycles. The van der Waals surface area contributed by atoms with Crippen molar-refractivity contribution in [3.05, 3.63) is 57.4 Å². The minimum atomic E-state index is -0.848. The van der Waals surface area contributed by atoms with E-state index < -0.39 is 5.92 Å². The molecule has 1 aromatic heterocycles. The second kappa shape index (κ2) is 7.46. The molecule has 1 heterocycles. The molecule has 1 aromatic carbocycles. The molecule has 0 aliphatic heterocycles. The first-order valence-corrected chi connectivity index (χ1v) is 8.38. The highest BCUT2D eigenvalue weighted by atomic mass is 35.5. The van der Waals surface area contributed by atoms with Crippen LogP contribution in [0, 0.1) is 39.9 Å². The van der Waals surface area contributed by atoms with Crippen molar-refractivity contribution in [2.45, 2.75) is 12.8 Å². The average molecular weight is 381 g/mol. The van der Waals surface area contributed by atoms with Crippen LogP contribution < -0.4 is 0 Å². The Hall–Kier alpha value is -3.04. The number of nitrogens with zero attached hydrogens (tertiary/aromatic N) is 4. The van der Waals surface area contributed by atoms with Gasteiger partial charge < -0.3 is 4.42 Å². The van der Waals surface area contributed by atoms with Gasteiger partial charge in [0.1, 0.15) is 17.2 Å². The van der Waals surface area contributed by atoms with Gasteiger partial charge in [-0.3, -0.25) is 0 Å². The first-order valence-electron chi connectivity index (χ1n) is 7.63. The van der Waals surface area contributed by atoms with Crippen LogP contribution >= 0.6 is 23.2 Å². The van der Waals surface area contributed by atoms with Gasteiger partial charge in [0, 0.05) is 10.1 Å². The molecule has 0 spiro atoms. The summed E-state index contributed by atoms with van der Waals surface area (Å²) in [5.74, 6) is -0.662. The van der Waals surface area contributed by atoms with Crippen molar-refractivity contribution in [3.8, 4) is 18.2 Å². The quantitative estimate of drug-likeness (QED) is 0.675. The molecular weight excluding hydrogens is 371 g/mol. The van der Waals surface area contributed by atoms with E-state index in [1.807, 2.05) is 12.1 Å². The molecule has 0 N–H and O–H groups in total. The number of hydrogen-bond acceptors (Lipinski definition) is 5. The monoisotopic (exact) mass is 380 g/mol. The Balaban J connectivity index is 1.99. The number of nitriles is 3. The lowest BCUT2D eigenvalue weighted by atomic mass is 10.1. The highest BCUT2D eigenvalue weighted by molar-refractivity contribution is 6.33. The summed E-state index contributed by atoms with van der Waals surface area (Å²) in [5.41, 5.74) is 2.80. The molecule has 126 valence electrons. The van der Waals surface area contributed by atoms with Gasteiger partial charge in [-0.2, -0.15) is 15.8 Å². The molecule has 1 aliphatic rings. The number of hydrogen-bond donors (Lipinski definition) is 0. The highest BCUT2D eigenvalue weighted by Crippen LogP contribution is 2.37. The molecular formula is C19H10Cl2N4O. The summed E-state index contributed by atoms with van der Waals surface area (Å²) in [6, 6.07) is 10.9. The van der Waals surface area contributed by atoms with Gasteiger partial charge in [0.15, 0.2) is 11.5 Å². The van der Waals surface area contributed by atoms with E-state index in [-0.39, 0.29) is 11.5 Å². The third-order valence-corrected chi connectivity index (χ3v) is 4.61. The van der Waals surface area contributed by atoms with Crippen LogP contribution in [0.25, 0.3) is 16.7 Å². The van der Waals surface area contributed by atoms with Gasteiger partial charge in [-0.05, 0) is 54.3 Å². The zero-order valence-electron chi connectivity index (χ0n) is 13.3. The number of fused-ring (bicyclic) bond motifs is 1. The van der Waals surface area contributed by atoms with Gasteiger partial charge >= 0.3 is 0 Å². The first-order chi connectivity index (χ1) is 12.5. The second-order valence-electron chi connectivity index (χ2n) is 5.57. The van der Waals surface area contributed by atoms with Crippen LogP contribution in [0.5, 0.6) is 0 Å². The molecule has 0 unspecified atom stereocenters. The van der Waals surface area contributed by atoms with Gasteiger partial charge in [0.25, 0.3) is 0 Å². The molecule has 0 amide bonds. The molecule has 1 aliphatic carbocycles. The van der Waals surface area contributed by atoms with Gasteiger partial charge in [-0.15, -0.1) is 0 Å². The fourth-order valence-corrected chi connectivity index (χ4v) is 3.10. The van der Waals surface area contributed by atoms with Gasteiger partial charge in [0.2, 0.25) is 5.89 Å². The van der Waals surface area contributed by atoms with Crippen LogP contribution in [0.4, 0.5) is 0 Å². The number of benzene rings is 1. The largest absolute Gasteiger partial charge is 0.435 e. The minimum Gasteiger partial charge on any atom is -0.435 e. The number of aromatic nitrogens is 1. The summed E-state index contributed by atoms with van der Waals surface area (Å²) < 4.78 is 5.62. The number of halogens is 2. The zero-order valence-corrected chi connectivity index (χ0v) is 14.8. The van der Waals surface area contributed by atoms with Crippen LogP contribution in [0.2, 0.25) is 5.02 Å². The molecule has 7 heteroatoms. The van der Waals surface area contributed by atoms with Gasteiger partial charge in [0.05, 0.1) is 12.1 Å². The van der Waals surface area contributed by atoms with E-state index in [0.717, 1.165) is 11.1 Å². The topological polar surface area (TPSA) is 97.4 Å². The number of allylic oxidation sites excluding steroid dienone is 6. The SMILES string of the molecule is N#C/C(=C/C1=C(Cl)C(=C/C(C#N)C#N)/CC1)c1nc2cc(Cl)ccc2o1. The fraction of sp³-hybridized carbons (Fsp3) is 0.158. The fourth-order valence-electron chi connectivity index (χ4n) is 2.62. The van der Waals surface area contributed by atoms with Crippen LogP contribution in [-0.4, -0.2) is 4.98 Å². The lowest BCUT2D eigenvalue weighted by molar-refractivity contribution is 0.586. The molecule has 0 fully saturated rings. The van der Waals surface area contributed by atoms with E-state index in [1.165, 1.54) is 0 Å². The van der Waals surface area contributed by atoms with Crippen molar-refractivity contribution in [1.29, 1.82) is 15.8 Å². The smallest absolute Gasteiger partial charge is 0.238 e. The molecule has 0 radical (unpaired) electrons. The highest BCUT2D eigenvalue weighted by Gasteiger charge is 2.20. The van der Waals surface area contributed by atoms with Crippen molar-refractivity contribution in [2.75, 3.05) is 0 Å². The van der Waals surface area contributed by atoms with E-state index in [2.05, 4.69) is 11.1 Å². The Labute approximate surface area is 159 Å². The normalized spacial score (nSPS) is 16.2. The summed E-state index contributed by atoms with van der Waals surface area (Å²) in [5, 5.41) is 28.3. The van der Waals surface area contributed by atoms with E-state index in [0.29, 0.717) is 34.0 Å². The summed E-state index contributed by atoms with van der Waals surface area (Å²) in [6.07, 6.45) is 4.39. The van der Waals surface area contributed by atoms with Crippen molar-refractivity contribution in [2.24, 2.45) is 5.92 Å². The third-order valence-electron chi connectivity index (χ3n) is 3.89. The Bertz CT molecular complexity index is 1090. The van der Waals surface area contributed by atoms with E-state index in [9.17, 15) is 5.26 Å². The summed E-state index contributed by atoms with van der Waals surface area (Å²) in [7, 11) is 0. The molecule has 2 aromatic rings. The van der Waals surface area contributed by atoms with Crippen LogP contribution in [0.15, 0.2) is 50.9 Å². The Kier molecular flexibility index (Phi) is 5.10. The Morgan fingerprint density at radius 1 is 1.19 bits per heavy atom. The molecule has 0 atom stereocenters. The predicted molar refractivity (Wildman–Crippen MR) is 97.5 cm³/mol. The van der Waals surface area contributed by atoms with Crippen molar-refractivity contribution in [3.63, 3.8) is 0 Å². The van der Waals surface area contributed by atoms with Crippen molar-refractivity contribution >= 4 is 39.9 Å². The van der Waals surface area contributed by atoms with E-state index >= 15 is 0 Å². The molecule has 0 bridgehead atoms. The number of rotatable bonds is 3. The number of oxazole rings is 1. The molecule has 3 rings (SSSR count). The van der Waals surface area contributed by atoms with Crippen molar-refractivity contribution < 1.29 is 4.42 Å². The summed E-state index contributed by atoms with van der Waals surface area (Å²) in [6.45, 7) is 0. The van der Waals surface area contributed by atoms with Crippen molar-refractivity contribution in [1.82, 2.24) is 4.98 Å². The average Bonchev–Trinajstić information content (AvgIpc) is 3.21. The second-order valence-corrected chi connectivity index (χ2v) is 6.38. The maximum atomic E-state index is 9.48. The molecule has 26 heavy (non-hydrogen) atoms. The van der Waals surface area contributed by atoms with Gasteiger partial charge in [-0.25, -0.2) is 4.98 Å². The lowest BCUT2D eigenvalue weighted by Gasteiger charge is -1.98. The van der Waals surface area contributed by atoms with Crippen LogP contribution in [0.3, 0.4) is 0 Å². The lowest BCUT2D eigenvalue weighted by Crippen LogP contribution is -1.89. The maximum absolute atomic E-state index is 9.48. The maximum Gasteiger partial charge on any atom is 0.238 e. The minimum absolute atomic E-state index is 0.186. The molecule has 5 nitrogen and oxygen atoms in total. The summed E-state index contributed by atoms with van der Waals surface area (Å²) in [4.78, 5) is 4.30. The zero-order chi connectivity index (χ0) is 18.7. The standard InChI is InChI=1S/C19H10Cl2N4O/c20-15-3-4-17-16(7-15)25-19(26-17)14(10-24)6-13-2-1-12(18(13)21)5-11(8-22)9-23/h3-7,11H,1-2H2/b12-5+,14-6-. The predicted octanol–water partition coefficient (Wildman–Crippen LogP) is 5.26. The Morgan fingerprint density at radius 3 is 2.65 bits per heavy atom. The van der Waals surface area contributed by atoms with Crippen LogP contribution in [0.1, 0.15) is 18.7 Å². The van der Waals surface area contributed by atoms with Gasteiger partial charge in [-0.1, -0.05) is 23.2 Å². The Morgan fingerprint density at radius 2 is 1.96 bits per heavy atom.